The Hall–Kier alpha value is -1.55. The first-order chi connectivity index (χ1) is 7.20. The summed E-state index contributed by atoms with van der Waals surface area (Å²) in [5.74, 6) is -0.138. The predicted molar refractivity (Wildman–Crippen MR) is 55.2 cm³/mol. The summed E-state index contributed by atoms with van der Waals surface area (Å²) < 4.78 is 5.60. The van der Waals surface area contributed by atoms with Gasteiger partial charge in [-0.1, -0.05) is 0 Å². The van der Waals surface area contributed by atoms with Gasteiger partial charge in [-0.25, -0.2) is 4.79 Å². The molecule has 1 aliphatic heterocycles. The smallest absolute Gasteiger partial charge is 0.335 e. The fourth-order valence-corrected chi connectivity index (χ4v) is 1.74. The fraction of sp³-hybridized carbons (Fsp3) is 0.364. The predicted octanol–water partition coefficient (Wildman–Crippen LogP) is 1.04. The Kier molecular flexibility index (Phi) is 2.60. The Labute approximate surface area is 87.7 Å². The lowest BCUT2D eigenvalue weighted by atomic mass is 10.00. The lowest BCUT2D eigenvalue weighted by Gasteiger charge is -2.25. The third-order valence-electron chi connectivity index (χ3n) is 2.60. The lowest BCUT2D eigenvalue weighted by Crippen LogP contribution is -2.30. The van der Waals surface area contributed by atoms with Crippen LogP contribution in [0.4, 0.5) is 0 Å². The number of ether oxygens (including phenoxy) is 1. The fourth-order valence-electron chi connectivity index (χ4n) is 1.74. The highest BCUT2D eigenvalue weighted by Gasteiger charge is 2.19. The van der Waals surface area contributed by atoms with E-state index in [1.807, 2.05) is 0 Å². The highest BCUT2D eigenvalue weighted by atomic mass is 16.5. The maximum absolute atomic E-state index is 10.7. The van der Waals surface area contributed by atoms with Crippen molar-refractivity contribution >= 4 is 5.97 Å². The number of aromatic carboxylic acids is 1. The highest BCUT2D eigenvalue weighted by Crippen LogP contribution is 2.28. The Morgan fingerprint density at radius 3 is 3.07 bits per heavy atom. The first kappa shape index (κ1) is 9.98. The van der Waals surface area contributed by atoms with Crippen LogP contribution in [0, 0.1) is 0 Å². The maximum Gasteiger partial charge on any atom is 0.335 e. The summed E-state index contributed by atoms with van der Waals surface area (Å²) in [5.41, 5.74) is 6.79. The van der Waals surface area contributed by atoms with Crippen molar-refractivity contribution < 1.29 is 14.6 Å². The number of hydrogen-bond donors (Lipinski definition) is 2. The van der Waals surface area contributed by atoms with E-state index >= 15 is 0 Å². The molecule has 1 aliphatic rings. The summed E-state index contributed by atoms with van der Waals surface area (Å²) in [6, 6.07) is 4.94. The van der Waals surface area contributed by atoms with E-state index in [4.69, 9.17) is 15.6 Å². The first-order valence-corrected chi connectivity index (χ1v) is 4.93. The van der Waals surface area contributed by atoms with Gasteiger partial charge in [-0.2, -0.15) is 0 Å². The number of carboxylic acid groups (broad SMARTS) is 1. The van der Waals surface area contributed by atoms with Crippen LogP contribution in [0.1, 0.15) is 22.3 Å². The van der Waals surface area contributed by atoms with E-state index in [0.717, 1.165) is 24.2 Å². The van der Waals surface area contributed by atoms with Crippen LogP contribution in [-0.2, 0) is 6.42 Å². The van der Waals surface area contributed by atoms with E-state index in [0.29, 0.717) is 12.1 Å². The molecule has 0 aliphatic carbocycles. The molecule has 0 fully saturated rings. The van der Waals surface area contributed by atoms with Crippen LogP contribution in [-0.4, -0.2) is 23.7 Å². The second kappa shape index (κ2) is 3.90. The molecule has 2 rings (SSSR count). The van der Waals surface area contributed by atoms with Crippen molar-refractivity contribution in [1.82, 2.24) is 0 Å². The first-order valence-electron chi connectivity index (χ1n) is 4.93. The van der Waals surface area contributed by atoms with Crippen LogP contribution >= 0.6 is 0 Å². The number of fused-ring (bicyclic) bond motifs is 1. The van der Waals surface area contributed by atoms with Gasteiger partial charge in [0.2, 0.25) is 0 Å². The average Bonchev–Trinajstić information content (AvgIpc) is 2.27. The number of carboxylic acids is 1. The molecular formula is C11H13NO3. The number of aryl methyl sites for hydroxylation is 1. The molecule has 15 heavy (non-hydrogen) atoms. The minimum atomic E-state index is -0.904. The second-order valence-electron chi connectivity index (χ2n) is 3.64. The third-order valence-corrected chi connectivity index (χ3v) is 2.60. The van der Waals surface area contributed by atoms with Gasteiger partial charge < -0.3 is 15.6 Å². The molecule has 80 valence electrons. The molecule has 0 bridgehead atoms. The molecule has 0 saturated carbocycles. The SMILES string of the molecule is NCC1CCc2cc(C(=O)O)ccc2O1. The molecule has 1 aromatic rings. The van der Waals surface area contributed by atoms with E-state index < -0.39 is 5.97 Å². The topological polar surface area (TPSA) is 72.6 Å². The summed E-state index contributed by atoms with van der Waals surface area (Å²) in [4.78, 5) is 10.7. The summed E-state index contributed by atoms with van der Waals surface area (Å²) in [6.45, 7) is 0.500. The van der Waals surface area contributed by atoms with Gasteiger partial charge in [0, 0.05) is 6.54 Å². The molecule has 0 aromatic heterocycles. The molecule has 4 heteroatoms. The Morgan fingerprint density at radius 1 is 1.60 bits per heavy atom. The van der Waals surface area contributed by atoms with Gasteiger partial charge in [0.15, 0.2) is 0 Å². The van der Waals surface area contributed by atoms with Gasteiger partial charge in [-0.3, -0.25) is 0 Å². The van der Waals surface area contributed by atoms with E-state index in [1.54, 1.807) is 18.2 Å². The molecule has 0 radical (unpaired) electrons. The quantitative estimate of drug-likeness (QED) is 0.759. The van der Waals surface area contributed by atoms with Crippen LogP contribution < -0.4 is 10.5 Å². The van der Waals surface area contributed by atoms with Crippen molar-refractivity contribution in [2.45, 2.75) is 18.9 Å². The molecule has 1 atom stereocenters. The molecule has 0 saturated heterocycles. The Morgan fingerprint density at radius 2 is 2.40 bits per heavy atom. The van der Waals surface area contributed by atoms with Gasteiger partial charge in [0.05, 0.1) is 5.56 Å². The van der Waals surface area contributed by atoms with Crippen molar-refractivity contribution in [2.75, 3.05) is 6.54 Å². The van der Waals surface area contributed by atoms with Crippen molar-refractivity contribution in [3.63, 3.8) is 0 Å². The molecule has 1 unspecified atom stereocenters. The zero-order chi connectivity index (χ0) is 10.8. The zero-order valence-electron chi connectivity index (χ0n) is 8.27. The molecular weight excluding hydrogens is 194 g/mol. The van der Waals surface area contributed by atoms with Crippen molar-refractivity contribution in [3.05, 3.63) is 29.3 Å². The average molecular weight is 207 g/mol. The number of carbonyl (C=O) groups is 1. The summed E-state index contributed by atoms with van der Waals surface area (Å²) >= 11 is 0. The molecule has 0 spiro atoms. The largest absolute Gasteiger partial charge is 0.489 e. The summed E-state index contributed by atoms with van der Waals surface area (Å²) in [6.07, 6.45) is 1.75. The van der Waals surface area contributed by atoms with Gasteiger partial charge in [0.25, 0.3) is 0 Å². The van der Waals surface area contributed by atoms with E-state index in [1.165, 1.54) is 0 Å². The summed E-state index contributed by atoms with van der Waals surface area (Å²) in [7, 11) is 0. The van der Waals surface area contributed by atoms with Gasteiger partial charge in [0.1, 0.15) is 11.9 Å². The number of nitrogens with two attached hydrogens (primary N) is 1. The van der Waals surface area contributed by atoms with Crippen LogP contribution in [0.2, 0.25) is 0 Å². The molecule has 1 aromatic carbocycles. The number of hydrogen-bond acceptors (Lipinski definition) is 3. The molecule has 0 amide bonds. The van der Waals surface area contributed by atoms with E-state index in [9.17, 15) is 4.79 Å². The van der Waals surface area contributed by atoms with E-state index in [-0.39, 0.29) is 6.10 Å². The number of rotatable bonds is 2. The van der Waals surface area contributed by atoms with Crippen LogP contribution in [0.5, 0.6) is 5.75 Å². The highest BCUT2D eigenvalue weighted by molar-refractivity contribution is 5.88. The van der Waals surface area contributed by atoms with Crippen LogP contribution in [0.15, 0.2) is 18.2 Å². The lowest BCUT2D eigenvalue weighted by molar-refractivity contribution is 0.0696. The van der Waals surface area contributed by atoms with Crippen molar-refractivity contribution in [1.29, 1.82) is 0 Å². The molecule has 4 nitrogen and oxygen atoms in total. The normalized spacial score (nSPS) is 19.1. The minimum absolute atomic E-state index is 0.0631. The van der Waals surface area contributed by atoms with Crippen LogP contribution in [0.3, 0.4) is 0 Å². The van der Waals surface area contributed by atoms with Crippen molar-refractivity contribution in [3.8, 4) is 5.75 Å². The third kappa shape index (κ3) is 1.94. The monoisotopic (exact) mass is 207 g/mol. The standard InChI is InChI=1S/C11H13NO3/c12-6-9-3-1-7-5-8(11(13)14)2-4-10(7)15-9/h2,4-5,9H,1,3,6,12H2,(H,13,14). The molecule has 3 N–H and O–H groups in total. The van der Waals surface area contributed by atoms with Gasteiger partial charge in [-0.05, 0) is 36.6 Å². The minimum Gasteiger partial charge on any atom is -0.489 e. The summed E-state index contributed by atoms with van der Waals surface area (Å²) in [5, 5.41) is 8.82. The van der Waals surface area contributed by atoms with Crippen LogP contribution in [0.25, 0.3) is 0 Å². The zero-order valence-corrected chi connectivity index (χ0v) is 8.27. The number of benzene rings is 1. The van der Waals surface area contributed by atoms with Crippen molar-refractivity contribution in [2.24, 2.45) is 5.73 Å². The van der Waals surface area contributed by atoms with Gasteiger partial charge >= 0.3 is 5.97 Å². The second-order valence-corrected chi connectivity index (χ2v) is 3.64. The Bertz CT molecular complexity index is 389. The van der Waals surface area contributed by atoms with Gasteiger partial charge in [-0.15, -0.1) is 0 Å². The Balaban J connectivity index is 2.28. The van der Waals surface area contributed by atoms with E-state index in [2.05, 4.69) is 0 Å². The molecule has 1 heterocycles. The maximum atomic E-state index is 10.7.